The minimum atomic E-state index is -0.802. The van der Waals surface area contributed by atoms with Crippen molar-refractivity contribution in [3.8, 4) is 17.2 Å². The molecule has 5 nitrogen and oxygen atoms in total. The largest absolute Gasteiger partial charge is 0.341 e. The molecule has 0 aliphatic rings. The maximum absolute atomic E-state index is 13.0. The molecule has 168 valence electrons. The van der Waals surface area contributed by atoms with E-state index in [4.69, 9.17) is 16.9 Å². The minimum Gasteiger partial charge on any atom is -0.341 e. The van der Waals surface area contributed by atoms with Crippen molar-refractivity contribution in [3.05, 3.63) is 95.0 Å². The highest BCUT2D eigenvalue weighted by Crippen LogP contribution is 2.29. The summed E-state index contributed by atoms with van der Waals surface area (Å²) in [6, 6.07) is 25.5. The molecule has 2 amide bonds. The lowest BCUT2D eigenvalue weighted by molar-refractivity contribution is -0.123. The molecule has 1 atom stereocenters. The van der Waals surface area contributed by atoms with Crippen molar-refractivity contribution in [3.63, 3.8) is 0 Å². The molecule has 6 heteroatoms. The lowest BCUT2D eigenvalue weighted by atomic mass is 9.79. The molecular formula is C27H26ClN3O2. The minimum absolute atomic E-state index is 0.122. The van der Waals surface area contributed by atoms with Crippen molar-refractivity contribution in [1.29, 1.82) is 5.26 Å². The van der Waals surface area contributed by atoms with Crippen LogP contribution in [0.2, 0.25) is 5.02 Å². The van der Waals surface area contributed by atoms with Crippen LogP contribution in [0.1, 0.15) is 36.2 Å². The van der Waals surface area contributed by atoms with Crippen molar-refractivity contribution in [2.24, 2.45) is 0 Å². The summed E-state index contributed by atoms with van der Waals surface area (Å²) in [7, 11) is 0. The Morgan fingerprint density at radius 1 is 0.970 bits per heavy atom. The Morgan fingerprint density at radius 2 is 1.61 bits per heavy atom. The number of hydrogen-bond acceptors (Lipinski definition) is 3. The molecule has 2 N–H and O–H groups in total. The quantitative estimate of drug-likeness (QED) is 0.459. The smallest absolute Gasteiger partial charge is 0.251 e. The van der Waals surface area contributed by atoms with Gasteiger partial charge in [-0.25, -0.2) is 0 Å². The molecule has 1 unspecified atom stereocenters. The van der Waals surface area contributed by atoms with E-state index in [2.05, 4.69) is 10.6 Å². The summed E-state index contributed by atoms with van der Waals surface area (Å²) in [6.07, 6.45) is 0.373. The number of halogens is 1. The van der Waals surface area contributed by atoms with Gasteiger partial charge in [0, 0.05) is 16.1 Å². The van der Waals surface area contributed by atoms with Crippen LogP contribution in [-0.4, -0.2) is 24.4 Å². The summed E-state index contributed by atoms with van der Waals surface area (Å²) in [5.41, 5.74) is 2.88. The van der Waals surface area contributed by atoms with Gasteiger partial charge in [0.1, 0.15) is 12.6 Å². The fourth-order valence-corrected chi connectivity index (χ4v) is 3.96. The van der Waals surface area contributed by atoms with E-state index in [1.165, 1.54) is 0 Å². The third-order valence-electron chi connectivity index (χ3n) is 5.57. The topological polar surface area (TPSA) is 82.0 Å². The van der Waals surface area contributed by atoms with Crippen LogP contribution in [0.4, 0.5) is 0 Å². The van der Waals surface area contributed by atoms with Crippen molar-refractivity contribution >= 4 is 23.4 Å². The summed E-state index contributed by atoms with van der Waals surface area (Å²) in [4.78, 5) is 25.8. The average molecular weight is 460 g/mol. The number of rotatable bonds is 8. The molecule has 3 rings (SSSR count). The third kappa shape index (κ3) is 6.21. The average Bonchev–Trinajstić information content (AvgIpc) is 2.83. The third-order valence-corrected chi connectivity index (χ3v) is 5.89. The summed E-state index contributed by atoms with van der Waals surface area (Å²) in [5.74, 6) is -0.747. The number of benzene rings is 3. The van der Waals surface area contributed by atoms with Gasteiger partial charge in [-0.2, -0.15) is 5.26 Å². The second-order valence-electron chi connectivity index (χ2n) is 8.41. The fraction of sp³-hybridized carbons (Fsp3) is 0.222. The molecule has 0 aliphatic carbocycles. The van der Waals surface area contributed by atoms with E-state index in [0.717, 1.165) is 16.7 Å². The van der Waals surface area contributed by atoms with Crippen LogP contribution in [-0.2, 0) is 10.2 Å². The molecule has 0 aliphatic heterocycles. The first-order valence-corrected chi connectivity index (χ1v) is 11.1. The van der Waals surface area contributed by atoms with Crippen LogP contribution in [0, 0.1) is 11.3 Å². The molecule has 0 aromatic heterocycles. The van der Waals surface area contributed by atoms with E-state index < -0.39 is 6.04 Å². The zero-order valence-electron chi connectivity index (χ0n) is 18.6. The molecule has 0 spiro atoms. The normalized spacial score (nSPS) is 11.8. The van der Waals surface area contributed by atoms with E-state index in [1.807, 2.05) is 86.6 Å². The monoisotopic (exact) mass is 459 g/mol. The number of carbonyl (C=O) groups excluding carboxylic acids is 2. The number of nitriles is 1. The Kier molecular flexibility index (Phi) is 7.87. The van der Waals surface area contributed by atoms with Crippen LogP contribution in [0.25, 0.3) is 11.1 Å². The maximum atomic E-state index is 13.0. The molecule has 0 bridgehead atoms. The predicted molar refractivity (Wildman–Crippen MR) is 131 cm³/mol. The molecule has 0 radical (unpaired) electrons. The number of amides is 2. The van der Waals surface area contributed by atoms with E-state index in [-0.39, 0.29) is 23.8 Å². The van der Waals surface area contributed by atoms with Gasteiger partial charge in [-0.1, -0.05) is 86.1 Å². The highest BCUT2D eigenvalue weighted by atomic mass is 35.5. The standard InChI is InChI=1S/C27H26ClN3O2/c1-27(2,21-8-4-3-5-9-21)18-24(26(33)30-17-16-29)31-25(32)20-14-12-19(13-15-20)22-10-6-7-11-23(22)28/h3-15,24H,17-18H2,1-2H3,(H,30,33)(H,31,32). The maximum Gasteiger partial charge on any atom is 0.251 e. The summed E-state index contributed by atoms with van der Waals surface area (Å²) < 4.78 is 0. The van der Waals surface area contributed by atoms with E-state index in [9.17, 15) is 9.59 Å². The molecule has 33 heavy (non-hydrogen) atoms. The van der Waals surface area contributed by atoms with Gasteiger partial charge in [-0.05, 0) is 41.2 Å². The number of nitrogens with zero attached hydrogens (tertiary/aromatic N) is 1. The molecule has 3 aromatic carbocycles. The molecule has 0 heterocycles. The van der Waals surface area contributed by atoms with Crippen molar-refractivity contribution in [2.45, 2.75) is 31.7 Å². The summed E-state index contributed by atoms with van der Waals surface area (Å²) in [6.45, 7) is 3.93. The molecule has 3 aromatic rings. The Hall–Kier alpha value is -3.62. The fourth-order valence-electron chi connectivity index (χ4n) is 3.71. The van der Waals surface area contributed by atoms with Crippen molar-refractivity contribution in [1.82, 2.24) is 10.6 Å². The van der Waals surface area contributed by atoms with Crippen molar-refractivity contribution in [2.75, 3.05) is 6.54 Å². The Balaban J connectivity index is 1.79. The van der Waals surface area contributed by atoms with Gasteiger partial charge in [0.2, 0.25) is 5.91 Å². The predicted octanol–water partition coefficient (Wildman–Crippen LogP) is 5.11. The van der Waals surface area contributed by atoms with Gasteiger partial charge < -0.3 is 10.6 Å². The van der Waals surface area contributed by atoms with E-state index in [1.54, 1.807) is 12.1 Å². The van der Waals surface area contributed by atoms with E-state index >= 15 is 0 Å². The molecule has 0 saturated heterocycles. The lowest BCUT2D eigenvalue weighted by Crippen LogP contribution is -2.49. The molecule has 0 fully saturated rings. The van der Waals surface area contributed by atoms with Gasteiger partial charge in [-0.3, -0.25) is 9.59 Å². The summed E-state index contributed by atoms with van der Waals surface area (Å²) >= 11 is 6.27. The van der Waals surface area contributed by atoms with Crippen LogP contribution in [0.15, 0.2) is 78.9 Å². The number of carbonyl (C=O) groups is 2. The zero-order chi connectivity index (χ0) is 23.8. The van der Waals surface area contributed by atoms with Crippen LogP contribution < -0.4 is 10.6 Å². The van der Waals surface area contributed by atoms with Crippen LogP contribution in [0.5, 0.6) is 0 Å². The first-order valence-electron chi connectivity index (χ1n) is 10.7. The second-order valence-corrected chi connectivity index (χ2v) is 8.82. The number of hydrogen-bond donors (Lipinski definition) is 2. The SMILES string of the molecule is CC(C)(CC(NC(=O)c1ccc(-c2ccccc2Cl)cc1)C(=O)NCC#N)c1ccccc1. The van der Waals surface area contributed by atoms with Crippen LogP contribution >= 0.6 is 11.6 Å². The van der Waals surface area contributed by atoms with Gasteiger partial charge >= 0.3 is 0 Å². The molecular weight excluding hydrogens is 434 g/mol. The summed E-state index contributed by atoms with van der Waals surface area (Å²) in [5, 5.41) is 14.9. The first kappa shape index (κ1) is 24.0. The van der Waals surface area contributed by atoms with E-state index in [0.29, 0.717) is 17.0 Å². The zero-order valence-corrected chi connectivity index (χ0v) is 19.4. The Labute approximate surface area is 199 Å². The Bertz CT molecular complexity index is 1150. The van der Waals surface area contributed by atoms with Gasteiger partial charge in [0.25, 0.3) is 5.91 Å². The van der Waals surface area contributed by atoms with Gasteiger partial charge in [0.15, 0.2) is 0 Å². The number of nitrogens with one attached hydrogen (secondary N) is 2. The Morgan fingerprint density at radius 3 is 2.24 bits per heavy atom. The van der Waals surface area contributed by atoms with Crippen molar-refractivity contribution < 1.29 is 9.59 Å². The van der Waals surface area contributed by atoms with Crippen LogP contribution in [0.3, 0.4) is 0 Å². The highest BCUT2D eigenvalue weighted by molar-refractivity contribution is 6.33. The lowest BCUT2D eigenvalue weighted by Gasteiger charge is -2.30. The molecule has 0 saturated carbocycles. The highest BCUT2D eigenvalue weighted by Gasteiger charge is 2.30. The van der Waals surface area contributed by atoms with Gasteiger partial charge in [-0.15, -0.1) is 0 Å². The van der Waals surface area contributed by atoms with Gasteiger partial charge in [0.05, 0.1) is 6.07 Å². The first-order chi connectivity index (χ1) is 15.8. The second kappa shape index (κ2) is 10.8.